The molecule has 0 spiro atoms. The molecule has 1 atom stereocenters. The molecule has 148 valence electrons. The topological polar surface area (TPSA) is 73.5 Å². The Bertz CT molecular complexity index is 603. The van der Waals surface area contributed by atoms with Gasteiger partial charge in [-0.2, -0.15) is 0 Å². The molecule has 2 fully saturated rings. The van der Waals surface area contributed by atoms with Gasteiger partial charge in [-0.15, -0.1) is 0 Å². The maximum Gasteiger partial charge on any atom is 0.238 e. The van der Waals surface area contributed by atoms with Crippen LogP contribution in [0.25, 0.3) is 0 Å². The van der Waals surface area contributed by atoms with Crippen molar-refractivity contribution in [2.24, 2.45) is 5.92 Å². The van der Waals surface area contributed by atoms with Crippen molar-refractivity contribution in [1.82, 2.24) is 10.2 Å². The molecular weight excluding hydrogens is 340 g/mol. The largest absolute Gasteiger partial charge is 0.326 e. The molecule has 1 aromatic rings. The summed E-state index contributed by atoms with van der Waals surface area (Å²) in [6, 6.07) is 7.39. The van der Waals surface area contributed by atoms with Crippen LogP contribution < -0.4 is 16.0 Å². The lowest BCUT2D eigenvalue weighted by Gasteiger charge is -2.23. The molecule has 1 unspecified atom stereocenters. The summed E-state index contributed by atoms with van der Waals surface area (Å²) in [4.78, 5) is 26.8. The first kappa shape index (κ1) is 19.8. The van der Waals surface area contributed by atoms with Crippen molar-refractivity contribution in [3.05, 3.63) is 24.3 Å². The number of carbonyl (C=O) groups is 2. The highest BCUT2D eigenvalue weighted by Gasteiger charge is 2.20. The Morgan fingerprint density at radius 3 is 2.19 bits per heavy atom. The molecule has 2 aliphatic heterocycles. The standard InChI is InChI=1S/C21H32N4O2/c26-20(16-25-13-4-2-1-3-5-14-25)23-18-8-10-19(11-9-18)24-21(27)17-7-6-12-22-15-17/h8-11,17,22H,1-7,12-16H2,(H,23,26)(H,24,27). The minimum absolute atomic E-state index is 0.0284. The van der Waals surface area contributed by atoms with E-state index in [1.54, 1.807) is 0 Å². The molecule has 0 bridgehead atoms. The number of nitrogens with one attached hydrogen (secondary N) is 3. The monoisotopic (exact) mass is 372 g/mol. The van der Waals surface area contributed by atoms with Gasteiger partial charge in [-0.25, -0.2) is 0 Å². The normalized spacial score (nSPS) is 21.7. The summed E-state index contributed by atoms with van der Waals surface area (Å²) in [5.74, 6) is 0.132. The van der Waals surface area contributed by atoms with Gasteiger partial charge in [0, 0.05) is 17.9 Å². The minimum atomic E-state index is 0.0284. The zero-order valence-corrected chi connectivity index (χ0v) is 16.1. The zero-order chi connectivity index (χ0) is 18.9. The Morgan fingerprint density at radius 1 is 0.926 bits per heavy atom. The van der Waals surface area contributed by atoms with Gasteiger partial charge in [-0.3, -0.25) is 14.5 Å². The SMILES string of the molecule is O=C(CN1CCCCCCC1)Nc1ccc(NC(=O)C2CCCNC2)cc1. The van der Waals surface area contributed by atoms with Crippen molar-refractivity contribution < 1.29 is 9.59 Å². The molecule has 1 aromatic carbocycles. The molecule has 2 amide bonds. The van der Waals surface area contributed by atoms with Gasteiger partial charge in [0.1, 0.15) is 0 Å². The van der Waals surface area contributed by atoms with Gasteiger partial charge >= 0.3 is 0 Å². The van der Waals surface area contributed by atoms with Crippen molar-refractivity contribution in [1.29, 1.82) is 0 Å². The first-order valence-electron chi connectivity index (χ1n) is 10.3. The number of rotatable bonds is 5. The van der Waals surface area contributed by atoms with Crippen molar-refractivity contribution in [3.63, 3.8) is 0 Å². The molecule has 0 saturated carbocycles. The fraction of sp³-hybridized carbons (Fsp3) is 0.619. The fourth-order valence-electron chi connectivity index (χ4n) is 3.83. The third-order valence-corrected chi connectivity index (χ3v) is 5.42. The highest BCUT2D eigenvalue weighted by Crippen LogP contribution is 2.17. The van der Waals surface area contributed by atoms with Gasteiger partial charge in [0.05, 0.1) is 12.5 Å². The predicted octanol–water partition coefficient (Wildman–Crippen LogP) is 2.83. The van der Waals surface area contributed by atoms with E-state index in [0.29, 0.717) is 6.54 Å². The minimum Gasteiger partial charge on any atom is -0.326 e. The summed E-state index contributed by atoms with van der Waals surface area (Å²) in [6.07, 6.45) is 8.19. The first-order valence-corrected chi connectivity index (χ1v) is 10.3. The van der Waals surface area contributed by atoms with E-state index in [2.05, 4.69) is 20.9 Å². The van der Waals surface area contributed by atoms with Crippen molar-refractivity contribution >= 4 is 23.2 Å². The van der Waals surface area contributed by atoms with Gasteiger partial charge in [0.2, 0.25) is 11.8 Å². The summed E-state index contributed by atoms with van der Waals surface area (Å²) in [5.41, 5.74) is 1.54. The van der Waals surface area contributed by atoms with E-state index >= 15 is 0 Å². The summed E-state index contributed by atoms with van der Waals surface area (Å²) in [7, 11) is 0. The van der Waals surface area contributed by atoms with Crippen molar-refractivity contribution in [2.75, 3.05) is 43.4 Å². The predicted molar refractivity (Wildman–Crippen MR) is 109 cm³/mol. The Labute approximate surface area is 162 Å². The second kappa shape index (κ2) is 10.4. The lowest BCUT2D eigenvalue weighted by Crippen LogP contribution is -2.37. The third-order valence-electron chi connectivity index (χ3n) is 5.42. The Balaban J connectivity index is 1.45. The first-order chi connectivity index (χ1) is 13.2. The Kier molecular flexibility index (Phi) is 7.66. The molecule has 2 aliphatic rings. The number of piperidine rings is 1. The fourth-order valence-corrected chi connectivity index (χ4v) is 3.83. The van der Waals surface area contributed by atoms with Gasteiger partial charge in [0.15, 0.2) is 0 Å². The van der Waals surface area contributed by atoms with E-state index in [9.17, 15) is 9.59 Å². The van der Waals surface area contributed by atoms with Crippen LogP contribution in [0.3, 0.4) is 0 Å². The van der Waals surface area contributed by atoms with E-state index < -0.39 is 0 Å². The molecule has 0 aliphatic carbocycles. The average Bonchev–Trinajstić information content (AvgIpc) is 2.66. The molecule has 2 heterocycles. The van der Waals surface area contributed by atoms with E-state index in [1.807, 2.05) is 24.3 Å². The lowest BCUT2D eigenvalue weighted by molar-refractivity contribution is -0.120. The van der Waals surface area contributed by atoms with Gasteiger partial charge in [0.25, 0.3) is 0 Å². The Hall–Kier alpha value is -1.92. The van der Waals surface area contributed by atoms with Crippen LogP contribution in [0.5, 0.6) is 0 Å². The maximum absolute atomic E-state index is 12.3. The van der Waals surface area contributed by atoms with Crippen LogP contribution in [0.15, 0.2) is 24.3 Å². The molecule has 6 nitrogen and oxygen atoms in total. The van der Waals surface area contributed by atoms with Crippen LogP contribution in [0.4, 0.5) is 11.4 Å². The summed E-state index contributed by atoms with van der Waals surface area (Å²) in [5, 5.41) is 9.20. The number of anilines is 2. The molecule has 3 rings (SSSR count). The van der Waals surface area contributed by atoms with E-state index in [-0.39, 0.29) is 17.7 Å². The van der Waals surface area contributed by atoms with Crippen molar-refractivity contribution in [2.45, 2.75) is 44.9 Å². The van der Waals surface area contributed by atoms with E-state index in [0.717, 1.165) is 50.4 Å². The van der Waals surface area contributed by atoms with Crippen molar-refractivity contribution in [3.8, 4) is 0 Å². The summed E-state index contributed by atoms with van der Waals surface area (Å²) in [6.45, 7) is 4.21. The van der Waals surface area contributed by atoms with Crippen LogP contribution in [0, 0.1) is 5.92 Å². The highest BCUT2D eigenvalue weighted by molar-refractivity contribution is 5.94. The number of likely N-dealkylation sites (tertiary alicyclic amines) is 1. The third kappa shape index (κ3) is 6.63. The molecule has 2 saturated heterocycles. The maximum atomic E-state index is 12.3. The molecule has 6 heteroatoms. The quantitative estimate of drug-likeness (QED) is 0.743. The number of hydrogen-bond donors (Lipinski definition) is 3. The zero-order valence-electron chi connectivity index (χ0n) is 16.1. The van der Waals surface area contributed by atoms with E-state index in [4.69, 9.17) is 0 Å². The van der Waals surface area contributed by atoms with Gasteiger partial charge in [-0.05, 0) is 69.6 Å². The van der Waals surface area contributed by atoms with Crippen LogP contribution in [-0.4, -0.2) is 49.4 Å². The number of amides is 2. The van der Waals surface area contributed by atoms with Crippen LogP contribution in [-0.2, 0) is 9.59 Å². The number of hydrogen-bond acceptors (Lipinski definition) is 4. The van der Waals surface area contributed by atoms with Gasteiger partial charge < -0.3 is 16.0 Å². The summed E-state index contributed by atoms with van der Waals surface area (Å²) >= 11 is 0. The highest BCUT2D eigenvalue weighted by atomic mass is 16.2. The lowest BCUT2D eigenvalue weighted by atomic mass is 9.99. The molecular formula is C21H32N4O2. The summed E-state index contributed by atoms with van der Waals surface area (Å²) < 4.78 is 0. The number of nitrogens with zero attached hydrogens (tertiary/aromatic N) is 1. The average molecular weight is 373 g/mol. The number of carbonyl (C=O) groups excluding carboxylic acids is 2. The second-order valence-corrected chi connectivity index (χ2v) is 7.70. The van der Waals surface area contributed by atoms with Gasteiger partial charge in [-0.1, -0.05) is 19.3 Å². The van der Waals surface area contributed by atoms with Crippen LogP contribution in [0.2, 0.25) is 0 Å². The smallest absolute Gasteiger partial charge is 0.238 e. The Morgan fingerprint density at radius 2 is 1.56 bits per heavy atom. The molecule has 0 aromatic heterocycles. The number of benzene rings is 1. The molecule has 0 radical (unpaired) electrons. The van der Waals surface area contributed by atoms with E-state index in [1.165, 1.54) is 32.1 Å². The molecule has 3 N–H and O–H groups in total. The molecule has 27 heavy (non-hydrogen) atoms. The van der Waals surface area contributed by atoms with Crippen LogP contribution >= 0.6 is 0 Å². The van der Waals surface area contributed by atoms with Crippen LogP contribution in [0.1, 0.15) is 44.9 Å². The second-order valence-electron chi connectivity index (χ2n) is 7.70.